The van der Waals surface area contributed by atoms with Gasteiger partial charge in [-0.1, -0.05) is 50.2 Å². The highest BCUT2D eigenvalue weighted by Gasteiger charge is 2.29. The Balaban J connectivity index is 1.59. The molecule has 2 atom stereocenters. The van der Waals surface area contributed by atoms with Crippen molar-refractivity contribution in [2.45, 2.75) is 57.7 Å². The topological polar surface area (TPSA) is 77.2 Å². The molecule has 1 aliphatic heterocycles. The lowest BCUT2D eigenvalue weighted by molar-refractivity contribution is -0.160. The first kappa shape index (κ1) is 25.2. The lowest BCUT2D eigenvalue weighted by Gasteiger charge is -2.26. The number of ether oxygens (including phenoxy) is 1. The van der Waals surface area contributed by atoms with Crippen molar-refractivity contribution in [1.29, 1.82) is 0 Å². The molecule has 0 amide bonds. The number of pyridine rings is 1. The number of aliphatic hydroxyl groups excluding tert-OH is 1. The van der Waals surface area contributed by atoms with Gasteiger partial charge in [-0.15, -0.1) is 0 Å². The third-order valence-electron chi connectivity index (χ3n) is 7.40. The summed E-state index contributed by atoms with van der Waals surface area (Å²) in [4.78, 5) is 16.9. The number of benzene rings is 3. The van der Waals surface area contributed by atoms with Crippen LogP contribution in [0, 0.1) is 5.82 Å². The van der Waals surface area contributed by atoms with Crippen LogP contribution in [0.3, 0.4) is 0 Å². The molecule has 0 saturated carbocycles. The third-order valence-corrected chi connectivity index (χ3v) is 7.40. The van der Waals surface area contributed by atoms with Crippen LogP contribution in [0.1, 0.15) is 50.3 Å². The van der Waals surface area contributed by atoms with Crippen LogP contribution in [0.2, 0.25) is 0 Å². The smallest absolute Gasteiger partial charge is 0.308 e. The van der Waals surface area contributed by atoms with Gasteiger partial charge >= 0.3 is 5.97 Å². The average Bonchev–Trinajstić information content (AvgIpc) is 3.29. The van der Waals surface area contributed by atoms with Gasteiger partial charge in [0.15, 0.2) is 0 Å². The summed E-state index contributed by atoms with van der Waals surface area (Å²) in [5, 5.41) is 17.3. The van der Waals surface area contributed by atoms with E-state index in [0.717, 1.165) is 50.0 Å². The molecule has 6 nitrogen and oxygen atoms in total. The highest BCUT2D eigenvalue weighted by atomic mass is 19.1. The third kappa shape index (κ3) is 4.79. The summed E-state index contributed by atoms with van der Waals surface area (Å²) in [7, 11) is 0. The lowest BCUT2D eigenvalue weighted by Crippen LogP contribution is -2.32. The van der Waals surface area contributed by atoms with Crippen molar-refractivity contribution in [2.24, 2.45) is 0 Å². The van der Waals surface area contributed by atoms with E-state index in [0.29, 0.717) is 19.3 Å². The first-order valence-electron chi connectivity index (χ1n) is 13.4. The zero-order chi connectivity index (χ0) is 27.1. The SMILES string of the molecule is CC(C)c1nn(-c2c3ccccc3nc3ccccc23)c(-c2ccc(F)cc2)c1CC[C@H]1C[C@H](O)CC(=O)O1. The largest absolute Gasteiger partial charge is 0.462 e. The van der Waals surface area contributed by atoms with E-state index in [-0.39, 0.29) is 30.2 Å². The van der Waals surface area contributed by atoms with E-state index in [4.69, 9.17) is 14.8 Å². The molecule has 0 aliphatic carbocycles. The van der Waals surface area contributed by atoms with Gasteiger partial charge in [-0.25, -0.2) is 14.1 Å². The number of cyclic esters (lactones) is 1. The Kier molecular flexibility index (Phi) is 6.61. The molecule has 0 spiro atoms. The monoisotopic (exact) mass is 523 g/mol. The van der Waals surface area contributed by atoms with Crippen molar-refractivity contribution in [2.75, 3.05) is 0 Å². The average molecular weight is 524 g/mol. The maximum Gasteiger partial charge on any atom is 0.308 e. The minimum atomic E-state index is -0.686. The van der Waals surface area contributed by atoms with Crippen LogP contribution in [-0.2, 0) is 16.0 Å². The molecule has 2 aromatic heterocycles. The molecule has 1 saturated heterocycles. The van der Waals surface area contributed by atoms with E-state index in [1.54, 1.807) is 12.1 Å². The number of carbonyl (C=O) groups excluding carboxylic acids is 1. The van der Waals surface area contributed by atoms with Gasteiger partial charge in [0.05, 0.1) is 40.6 Å². The van der Waals surface area contributed by atoms with E-state index in [1.807, 2.05) is 41.1 Å². The standard InChI is InChI=1S/C32H30FN3O3/c1-19(2)30-26(16-15-23-17-22(37)18-29(38)39-23)31(20-11-13-21(33)14-12-20)36(35-30)32-24-7-3-5-9-27(24)34-28-10-6-4-8-25(28)32/h3-14,19,22-23,37H,15-18H2,1-2H3/t22-,23-/m0/s1. The zero-order valence-corrected chi connectivity index (χ0v) is 22.0. The molecule has 7 heteroatoms. The summed E-state index contributed by atoms with van der Waals surface area (Å²) in [6.07, 6.45) is 0.548. The minimum Gasteiger partial charge on any atom is -0.462 e. The Hall–Kier alpha value is -4.10. The van der Waals surface area contributed by atoms with Crippen molar-refractivity contribution in [3.8, 4) is 16.9 Å². The van der Waals surface area contributed by atoms with Crippen molar-refractivity contribution < 1.29 is 19.0 Å². The van der Waals surface area contributed by atoms with Crippen LogP contribution in [0.4, 0.5) is 4.39 Å². The van der Waals surface area contributed by atoms with Gasteiger partial charge in [0.25, 0.3) is 0 Å². The van der Waals surface area contributed by atoms with Gasteiger partial charge in [-0.2, -0.15) is 5.10 Å². The summed E-state index contributed by atoms with van der Waals surface area (Å²) in [5.41, 5.74) is 6.33. The minimum absolute atomic E-state index is 0.0364. The van der Waals surface area contributed by atoms with E-state index in [2.05, 4.69) is 26.0 Å². The fourth-order valence-corrected chi connectivity index (χ4v) is 5.63. The van der Waals surface area contributed by atoms with Crippen LogP contribution >= 0.6 is 0 Å². The lowest BCUT2D eigenvalue weighted by atomic mass is 9.93. The normalized spacial score (nSPS) is 17.7. The highest BCUT2D eigenvalue weighted by Crippen LogP contribution is 2.38. The fraction of sp³-hybridized carbons (Fsp3) is 0.281. The first-order chi connectivity index (χ1) is 18.9. The number of hydrogen-bond donors (Lipinski definition) is 1. The summed E-state index contributed by atoms with van der Waals surface area (Å²) >= 11 is 0. The Bertz CT molecular complexity index is 1620. The predicted molar refractivity (Wildman–Crippen MR) is 149 cm³/mol. The Morgan fingerprint density at radius 3 is 2.26 bits per heavy atom. The molecular formula is C32H30FN3O3. The molecule has 3 aromatic carbocycles. The van der Waals surface area contributed by atoms with E-state index in [9.17, 15) is 14.3 Å². The van der Waals surface area contributed by atoms with Crippen molar-refractivity contribution in [3.63, 3.8) is 0 Å². The Morgan fingerprint density at radius 2 is 1.64 bits per heavy atom. The maximum atomic E-state index is 14.0. The number of rotatable bonds is 6. The number of halogens is 1. The zero-order valence-electron chi connectivity index (χ0n) is 22.0. The second-order valence-electron chi connectivity index (χ2n) is 10.5. The predicted octanol–water partition coefficient (Wildman–Crippen LogP) is 6.50. The molecule has 3 heterocycles. The van der Waals surface area contributed by atoms with Gasteiger partial charge in [0.2, 0.25) is 0 Å². The number of hydrogen-bond acceptors (Lipinski definition) is 5. The Morgan fingerprint density at radius 1 is 1.00 bits per heavy atom. The first-order valence-corrected chi connectivity index (χ1v) is 13.4. The van der Waals surface area contributed by atoms with E-state index >= 15 is 0 Å². The number of aromatic nitrogens is 3. The van der Waals surface area contributed by atoms with Gasteiger partial charge in [0.1, 0.15) is 11.9 Å². The number of aliphatic hydroxyl groups is 1. The number of esters is 1. The van der Waals surface area contributed by atoms with E-state index in [1.165, 1.54) is 12.1 Å². The van der Waals surface area contributed by atoms with Gasteiger partial charge in [0, 0.05) is 28.3 Å². The molecular weight excluding hydrogens is 493 g/mol. The highest BCUT2D eigenvalue weighted by molar-refractivity contribution is 6.03. The number of carbonyl (C=O) groups is 1. The molecule has 5 aromatic rings. The number of nitrogens with zero attached hydrogens (tertiary/aromatic N) is 3. The molecule has 0 bridgehead atoms. The van der Waals surface area contributed by atoms with Gasteiger partial charge in [-0.3, -0.25) is 4.79 Å². The molecule has 0 radical (unpaired) electrons. The fourth-order valence-electron chi connectivity index (χ4n) is 5.63. The molecule has 0 unspecified atom stereocenters. The van der Waals surface area contributed by atoms with Crippen LogP contribution in [0.15, 0.2) is 72.8 Å². The van der Waals surface area contributed by atoms with Crippen molar-refractivity contribution in [1.82, 2.24) is 14.8 Å². The van der Waals surface area contributed by atoms with Gasteiger partial charge < -0.3 is 9.84 Å². The summed E-state index contributed by atoms with van der Waals surface area (Å²) < 4.78 is 21.6. The Labute approximate surface area is 226 Å². The molecule has 198 valence electrons. The summed E-state index contributed by atoms with van der Waals surface area (Å²) in [5.74, 6) is -0.565. The van der Waals surface area contributed by atoms with Crippen LogP contribution < -0.4 is 0 Å². The van der Waals surface area contributed by atoms with E-state index < -0.39 is 6.10 Å². The quantitative estimate of drug-likeness (QED) is 0.203. The summed E-state index contributed by atoms with van der Waals surface area (Å²) in [6, 6.07) is 22.5. The molecule has 39 heavy (non-hydrogen) atoms. The van der Waals surface area contributed by atoms with Crippen LogP contribution in [0.25, 0.3) is 38.8 Å². The second kappa shape index (κ2) is 10.2. The number of para-hydroxylation sites is 2. The molecule has 1 N–H and O–H groups in total. The summed E-state index contributed by atoms with van der Waals surface area (Å²) in [6.45, 7) is 4.22. The molecule has 1 fully saturated rings. The second-order valence-corrected chi connectivity index (χ2v) is 10.5. The maximum absolute atomic E-state index is 14.0. The van der Waals surface area contributed by atoms with Crippen molar-refractivity contribution in [3.05, 3.63) is 89.9 Å². The number of fused-ring (bicyclic) bond motifs is 2. The molecule has 6 rings (SSSR count). The van der Waals surface area contributed by atoms with Crippen molar-refractivity contribution >= 4 is 27.8 Å². The molecule has 1 aliphatic rings. The van der Waals surface area contributed by atoms with Crippen LogP contribution in [0.5, 0.6) is 0 Å². The van der Waals surface area contributed by atoms with Gasteiger partial charge in [-0.05, 0) is 55.2 Å². The van der Waals surface area contributed by atoms with Crippen LogP contribution in [-0.4, -0.2) is 38.0 Å².